The number of hydrogen-bond acceptors (Lipinski definition) is 6. The van der Waals surface area contributed by atoms with Crippen molar-refractivity contribution in [2.24, 2.45) is 0 Å². The molecule has 1 fully saturated rings. The van der Waals surface area contributed by atoms with Crippen molar-refractivity contribution >= 4 is 38.7 Å². The van der Waals surface area contributed by atoms with E-state index in [-0.39, 0.29) is 27.3 Å². The first-order valence-electron chi connectivity index (χ1n) is 10.2. The van der Waals surface area contributed by atoms with Crippen LogP contribution in [0.3, 0.4) is 0 Å². The van der Waals surface area contributed by atoms with Crippen molar-refractivity contribution in [3.63, 3.8) is 0 Å². The van der Waals surface area contributed by atoms with Crippen molar-refractivity contribution in [1.82, 2.24) is 4.37 Å². The highest BCUT2D eigenvalue weighted by Crippen LogP contribution is 2.44. The zero-order valence-electron chi connectivity index (χ0n) is 17.2. The number of aromatic carboxylic acids is 1. The number of rotatable bonds is 7. The molecule has 5 rings (SSSR count). The summed E-state index contributed by atoms with van der Waals surface area (Å²) in [6, 6.07) is 14.7. The average Bonchev–Trinajstić information content (AvgIpc) is 3.30. The van der Waals surface area contributed by atoms with Gasteiger partial charge in [0.25, 0.3) is 0 Å². The molecule has 9 heteroatoms. The normalized spacial score (nSPS) is 13.8. The number of benzene rings is 2. The van der Waals surface area contributed by atoms with Gasteiger partial charge < -0.3 is 5.11 Å². The van der Waals surface area contributed by atoms with Crippen LogP contribution in [0.1, 0.15) is 40.2 Å². The Bertz CT molecular complexity index is 1450. The number of sulfone groups is 1. The number of carbonyl (C=O) groups is 1. The lowest BCUT2D eigenvalue weighted by molar-refractivity contribution is 0.0696. The summed E-state index contributed by atoms with van der Waals surface area (Å²) in [6.45, 7) is 0. The summed E-state index contributed by atoms with van der Waals surface area (Å²) in [5.41, 5.74) is 2.61. The number of carboxylic acid groups (broad SMARTS) is 1. The van der Waals surface area contributed by atoms with Crippen molar-refractivity contribution in [2.45, 2.75) is 29.4 Å². The van der Waals surface area contributed by atoms with Crippen LogP contribution in [-0.4, -0.2) is 23.9 Å². The average molecular weight is 500 g/mol. The summed E-state index contributed by atoms with van der Waals surface area (Å²) in [4.78, 5) is 13.1. The number of nitrogens with zero attached hydrogens (tertiary/aromatic N) is 1. The maximum absolute atomic E-state index is 13.8. The Morgan fingerprint density at radius 3 is 2.52 bits per heavy atom. The first kappa shape index (κ1) is 21.9. The smallest absolute Gasteiger partial charge is 0.335 e. The molecule has 2 heterocycles. The fraction of sp³-hybridized carbons (Fsp3) is 0.167. The van der Waals surface area contributed by atoms with Crippen molar-refractivity contribution < 1.29 is 22.7 Å². The summed E-state index contributed by atoms with van der Waals surface area (Å²) < 4.78 is 45.2. The third-order valence-electron chi connectivity index (χ3n) is 5.62. The molecule has 2 aromatic carbocycles. The van der Waals surface area contributed by atoms with Gasteiger partial charge in [-0.2, -0.15) is 4.39 Å². The third-order valence-corrected chi connectivity index (χ3v) is 9.04. The first-order valence-corrected chi connectivity index (χ1v) is 13.5. The Morgan fingerprint density at radius 1 is 1.06 bits per heavy atom. The van der Waals surface area contributed by atoms with Crippen LogP contribution >= 0.6 is 22.9 Å². The zero-order valence-corrected chi connectivity index (χ0v) is 19.6. The van der Waals surface area contributed by atoms with Crippen molar-refractivity contribution in [1.29, 1.82) is 0 Å². The Balaban J connectivity index is 1.62. The third kappa shape index (κ3) is 4.48. The number of halogens is 1. The molecule has 4 aromatic rings. The summed E-state index contributed by atoms with van der Waals surface area (Å²) in [7, 11) is -3.88. The van der Waals surface area contributed by atoms with E-state index in [0.29, 0.717) is 21.6 Å². The monoisotopic (exact) mass is 499 g/mol. The van der Waals surface area contributed by atoms with Gasteiger partial charge >= 0.3 is 5.97 Å². The number of carboxylic acids is 1. The van der Waals surface area contributed by atoms with Crippen LogP contribution in [0.5, 0.6) is 0 Å². The van der Waals surface area contributed by atoms with Gasteiger partial charge in [-0.15, -0.1) is 11.3 Å². The molecule has 0 amide bonds. The second kappa shape index (κ2) is 8.48. The van der Waals surface area contributed by atoms with Crippen molar-refractivity contribution in [2.75, 3.05) is 0 Å². The van der Waals surface area contributed by atoms with E-state index < -0.39 is 15.8 Å². The van der Waals surface area contributed by atoms with Crippen LogP contribution in [0.25, 0.3) is 20.9 Å². The molecule has 1 N–H and O–H groups in total. The lowest BCUT2D eigenvalue weighted by Crippen LogP contribution is -2.10. The molecule has 0 aliphatic heterocycles. The molecule has 33 heavy (non-hydrogen) atoms. The molecule has 168 valence electrons. The summed E-state index contributed by atoms with van der Waals surface area (Å²) in [6.07, 6.45) is 3.45. The molecule has 1 saturated carbocycles. The minimum atomic E-state index is -3.88. The molecule has 2 aromatic heterocycles. The predicted molar refractivity (Wildman–Crippen MR) is 127 cm³/mol. The van der Waals surface area contributed by atoms with Gasteiger partial charge in [-0.1, -0.05) is 18.2 Å². The predicted octanol–water partition coefficient (Wildman–Crippen LogP) is 6.23. The Labute approximate surface area is 198 Å². The van der Waals surface area contributed by atoms with Crippen LogP contribution < -0.4 is 0 Å². The second-order valence-electron chi connectivity index (χ2n) is 7.94. The van der Waals surface area contributed by atoms with Crippen molar-refractivity contribution in [3.05, 3.63) is 82.6 Å². The quantitative estimate of drug-likeness (QED) is 0.326. The van der Waals surface area contributed by atoms with Gasteiger partial charge in [-0.3, -0.25) is 0 Å². The van der Waals surface area contributed by atoms with Crippen LogP contribution in [0.4, 0.5) is 4.39 Å². The van der Waals surface area contributed by atoms with Crippen LogP contribution in [0.15, 0.2) is 65.7 Å². The van der Waals surface area contributed by atoms with Crippen LogP contribution in [0.2, 0.25) is 0 Å². The molecule has 0 saturated heterocycles. The topological polar surface area (TPSA) is 84.3 Å². The van der Waals surface area contributed by atoms with Crippen LogP contribution in [-0.2, 0) is 15.6 Å². The van der Waals surface area contributed by atoms with Gasteiger partial charge in [0, 0.05) is 11.1 Å². The number of aromatic nitrogens is 1. The molecule has 1 aliphatic rings. The molecule has 0 unspecified atom stereocenters. The number of thiophene rings is 1. The van der Waals surface area contributed by atoms with E-state index in [1.165, 1.54) is 29.7 Å². The minimum Gasteiger partial charge on any atom is -0.478 e. The lowest BCUT2D eigenvalue weighted by Gasteiger charge is -2.14. The van der Waals surface area contributed by atoms with E-state index in [9.17, 15) is 22.7 Å². The highest BCUT2D eigenvalue weighted by atomic mass is 32.2. The number of hydrogen-bond donors (Lipinski definition) is 1. The molecule has 0 atom stereocenters. The molecule has 0 radical (unpaired) electrons. The summed E-state index contributed by atoms with van der Waals surface area (Å²) in [5, 5.41) is 9.06. The van der Waals surface area contributed by atoms with E-state index >= 15 is 0 Å². The molecule has 0 spiro atoms. The SMILES string of the molecule is O=C(O)c1ccc(C2CC2)c(S(=O)(=O)Cc2cc(-c3ccns3)ccc2-c2ccc(F)s2)c1. The lowest BCUT2D eigenvalue weighted by atomic mass is 10.0. The van der Waals surface area contributed by atoms with E-state index in [0.717, 1.165) is 34.6 Å². The van der Waals surface area contributed by atoms with Gasteiger partial charge in [0.2, 0.25) is 0 Å². The van der Waals surface area contributed by atoms with Gasteiger partial charge in [0.15, 0.2) is 15.0 Å². The van der Waals surface area contributed by atoms with Gasteiger partial charge in [0.1, 0.15) is 0 Å². The highest BCUT2D eigenvalue weighted by Gasteiger charge is 2.32. The Hall–Kier alpha value is -2.88. The Kier molecular flexibility index (Phi) is 5.64. The molecule has 1 aliphatic carbocycles. The van der Waals surface area contributed by atoms with E-state index in [1.807, 2.05) is 12.1 Å². The van der Waals surface area contributed by atoms with Crippen LogP contribution in [0, 0.1) is 5.13 Å². The minimum absolute atomic E-state index is 0.0584. The molecular weight excluding hydrogens is 481 g/mol. The largest absolute Gasteiger partial charge is 0.478 e. The maximum Gasteiger partial charge on any atom is 0.335 e. The molecule has 0 bridgehead atoms. The Morgan fingerprint density at radius 2 is 1.88 bits per heavy atom. The maximum atomic E-state index is 13.8. The fourth-order valence-electron chi connectivity index (χ4n) is 3.88. The molecular formula is C24H18FNO4S3. The summed E-state index contributed by atoms with van der Waals surface area (Å²) in [5.74, 6) is -1.36. The molecule has 5 nitrogen and oxygen atoms in total. The first-order chi connectivity index (χ1) is 15.8. The zero-order chi connectivity index (χ0) is 23.2. The fourth-order valence-corrected chi connectivity index (χ4v) is 6.97. The standard InChI is InChI=1S/C24H18FNO4S3/c25-23-8-7-21(31-23)18-5-3-15(20-9-10-26-32-20)11-17(18)13-33(29,30)22-12-16(24(27)28)4-6-19(22)14-1-2-14/h3-12,14H,1-2,13H2,(H,27,28). The van der Waals surface area contributed by atoms with Gasteiger partial charge in [0.05, 0.1) is 21.1 Å². The second-order valence-corrected chi connectivity index (χ2v) is 11.8. The van der Waals surface area contributed by atoms with E-state index in [1.54, 1.807) is 30.5 Å². The van der Waals surface area contributed by atoms with Gasteiger partial charge in [-0.05, 0) is 88.9 Å². The van der Waals surface area contributed by atoms with E-state index in [4.69, 9.17) is 0 Å². The highest BCUT2D eigenvalue weighted by molar-refractivity contribution is 7.90. The van der Waals surface area contributed by atoms with E-state index in [2.05, 4.69) is 4.37 Å². The van der Waals surface area contributed by atoms with Gasteiger partial charge in [-0.25, -0.2) is 17.6 Å². The summed E-state index contributed by atoms with van der Waals surface area (Å²) >= 11 is 2.26. The van der Waals surface area contributed by atoms with Crippen molar-refractivity contribution in [3.8, 4) is 20.9 Å².